The molecule has 2 amide bonds. The number of nitrogens with zero attached hydrogens (tertiary/aromatic N) is 6. The summed E-state index contributed by atoms with van der Waals surface area (Å²) in [4.78, 5) is 33.7. The monoisotopic (exact) mass is 452 g/mol. The summed E-state index contributed by atoms with van der Waals surface area (Å²) in [5.74, 6) is 1.58. The van der Waals surface area contributed by atoms with Crippen molar-refractivity contribution >= 4 is 28.4 Å². The van der Waals surface area contributed by atoms with Gasteiger partial charge in [-0.05, 0) is 49.2 Å². The number of fused-ring (bicyclic) bond motifs is 2. The molecular weight excluding hydrogens is 428 g/mol. The SMILES string of the molecule is O=C(c1ccc(N2CCCCC2=O)cc1)N1CCn2c(nnc2-c2ccc3ccccc3n2)C1. The predicted molar refractivity (Wildman–Crippen MR) is 128 cm³/mol. The zero-order valence-corrected chi connectivity index (χ0v) is 18.7. The van der Waals surface area contributed by atoms with Gasteiger partial charge in [-0.1, -0.05) is 24.3 Å². The fourth-order valence-electron chi connectivity index (χ4n) is 4.76. The van der Waals surface area contributed by atoms with E-state index in [4.69, 9.17) is 4.98 Å². The second kappa shape index (κ2) is 8.37. The summed E-state index contributed by atoms with van der Waals surface area (Å²) in [6.07, 6.45) is 2.55. The lowest BCUT2D eigenvalue weighted by molar-refractivity contribution is -0.119. The Kier molecular flexibility index (Phi) is 5.05. The largest absolute Gasteiger partial charge is 0.329 e. The third-order valence-electron chi connectivity index (χ3n) is 6.62. The van der Waals surface area contributed by atoms with E-state index in [1.807, 2.05) is 70.1 Å². The Morgan fingerprint density at radius 2 is 1.71 bits per heavy atom. The number of carbonyl (C=O) groups is 2. The molecule has 6 rings (SSSR count). The number of para-hydroxylation sites is 1. The molecule has 0 radical (unpaired) electrons. The van der Waals surface area contributed by atoms with E-state index in [0.29, 0.717) is 31.6 Å². The first kappa shape index (κ1) is 20.5. The van der Waals surface area contributed by atoms with Crippen LogP contribution in [-0.4, -0.2) is 49.6 Å². The molecule has 1 fully saturated rings. The first-order valence-corrected chi connectivity index (χ1v) is 11.7. The highest BCUT2D eigenvalue weighted by molar-refractivity contribution is 5.97. The molecule has 2 aliphatic heterocycles. The topological polar surface area (TPSA) is 84.2 Å². The zero-order chi connectivity index (χ0) is 23.1. The normalized spacial score (nSPS) is 16.1. The summed E-state index contributed by atoms with van der Waals surface area (Å²) in [6.45, 7) is 2.31. The first-order valence-electron chi connectivity index (χ1n) is 11.7. The molecule has 8 nitrogen and oxygen atoms in total. The molecule has 170 valence electrons. The molecule has 0 saturated carbocycles. The van der Waals surface area contributed by atoms with Gasteiger partial charge in [-0.15, -0.1) is 10.2 Å². The molecule has 0 atom stereocenters. The van der Waals surface area contributed by atoms with Gasteiger partial charge in [-0.3, -0.25) is 9.59 Å². The molecule has 0 unspecified atom stereocenters. The van der Waals surface area contributed by atoms with Crippen LogP contribution >= 0.6 is 0 Å². The number of benzene rings is 2. The van der Waals surface area contributed by atoms with Crippen molar-refractivity contribution < 1.29 is 9.59 Å². The molecule has 8 heteroatoms. The Balaban J connectivity index is 1.20. The van der Waals surface area contributed by atoms with Crippen molar-refractivity contribution in [3.8, 4) is 11.5 Å². The number of hydrogen-bond acceptors (Lipinski definition) is 5. The molecule has 0 N–H and O–H groups in total. The van der Waals surface area contributed by atoms with E-state index in [1.165, 1.54) is 0 Å². The van der Waals surface area contributed by atoms with Crippen LogP contribution in [0.4, 0.5) is 5.69 Å². The van der Waals surface area contributed by atoms with Gasteiger partial charge in [0.15, 0.2) is 11.6 Å². The van der Waals surface area contributed by atoms with Gasteiger partial charge in [0, 0.05) is 42.7 Å². The minimum Gasteiger partial charge on any atom is -0.329 e. The summed E-state index contributed by atoms with van der Waals surface area (Å²) in [7, 11) is 0. The van der Waals surface area contributed by atoms with E-state index < -0.39 is 0 Å². The standard InChI is InChI=1S/C26H24N6O2/c33-24-7-3-4-14-31(24)20-11-8-19(9-12-20)26(34)30-15-16-32-23(17-30)28-29-25(32)22-13-10-18-5-1-2-6-21(18)27-22/h1-2,5-6,8-13H,3-4,7,14-17H2. The Bertz CT molecular complexity index is 1390. The summed E-state index contributed by atoms with van der Waals surface area (Å²) >= 11 is 0. The van der Waals surface area contributed by atoms with Gasteiger partial charge in [0.2, 0.25) is 5.91 Å². The van der Waals surface area contributed by atoms with Crippen molar-refractivity contribution in [2.45, 2.75) is 32.4 Å². The number of pyridine rings is 1. The second-order valence-electron chi connectivity index (χ2n) is 8.76. The fraction of sp³-hybridized carbons (Fsp3) is 0.269. The van der Waals surface area contributed by atoms with Crippen LogP contribution in [0.1, 0.15) is 35.4 Å². The highest BCUT2D eigenvalue weighted by Gasteiger charge is 2.27. The van der Waals surface area contributed by atoms with Crippen molar-refractivity contribution in [1.29, 1.82) is 0 Å². The van der Waals surface area contributed by atoms with Gasteiger partial charge in [0.05, 0.1) is 12.1 Å². The van der Waals surface area contributed by atoms with Gasteiger partial charge in [0.25, 0.3) is 5.91 Å². The molecule has 2 aliphatic rings. The Morgan fingerprint density at radius 3 is 2.56 bits per heavy atom. The third-order valence-corrected chi connectivity index (χ3v) is 6.62. The highest BCUT2D eigenvalue weighted by Crippen LogP contribution is 2.25. The summed E-state index contributed by atoms with van der Waals surface area (Å²) in [6, 6.07) is 19.3. The smallest absolute Gasteiger partial charge is 0.254 e. The number of aromatic nitrogens is 4. The van der Waals surface area contributed by atoms with E-state index in [0.717, 1.165) is 53.3 Å². The average molecular weight is 453 g/mol. The number of carbonyl (C=O) groups excluding carboxylic acids is 2. The molecule has 1 saturated heterocycles. The van der Waals surface area contributed by atoms with Crippen LogP contribution in [0.25, 0.3) is 22.4 Å². The lowest BCUT2D eigenvalue weighted by Gasteiger charge is -2.29. The zero-order valence-electron chi connectivity index (χ0n) is 18.7. The van der Waals surface area contributed by atoms with Crippen LogP contribution in [0.2, 0.25) is 0 Å². The molecule has 2 aromatic heterocycles. The lowest BCUT2D eigenvalue weighted by Crippen LogP contribution is -2.38. The Labute approximate surface area is 196 Å². The van der Waals surface area contributed by atoms with Gasteiger partial charge in [-0.2, -0.15) is 0 Å². The van der Waals surface area contributed by atoms with E-state index in [-0.39, 0.29) is 11.8 Å². The van der Waals surface area contributed by atoms with Crippen molar-refractivity contribution in [1.82, 2.24) is 24.6 Å². The van der Waals surface area contributed by atoms with E-state index in [2.05, 4.69) is 10.2 Å². The molecule has 0 spiro atoms. The highest BCUT2D eigenvalue weighted by atomic mass is 16.2. The van der Waals surface area contributed by atoms with Crippen molar-refractivity contribution in [2.24, 2.45) is 0 Å². The maximum absolute atomic E-state index is 13.2. The van der Waals surface area contributed by atoms with E-state index >= 15 is 0 Å². The van der Waals surface area contributed by atoms with Crippen molar-refractivity contribution in [2.75, 3.05) is 18.0 Å². The first-order chi connectivity index (χ1) is 16.7. The summed E-state index contributed by atoms with van der Waals surface area (Å²) in [5, 5.41) is 9.83. The number of hydrogen-bond donors (Lipinski definition) is 0. The number of piperidine rings is 1. The van der Waals surface area contributed by atoms with Crippen LogP contribution in [0.5, 0.6) is 0 Å². The van der Waals surface area contributed by atoms with Gasteiger partial charge in [-0.25, -0.2) is 4.98 Å². The van der Waals surface area contributed by atoms with Crippen LogP contribution in [0.3, 0.4) is 0 Å². The average Bonchev–Trinajstić information content (AvgIpc) is 3.32. The number of amides is 2. The maximum atomic E-state index is 13.2. The molecule has 4 heterocycles. The summed E-state index contributed by atoms with van der Waals surface area (Å²) < 4.78 is 2.05. The number of anilines is 1. The lowest BCUT2D eigenvalue weighted by atomic mass is 10.1. The maximum Gasteiger partial charge on any atom is 0.254 e. The molecule has 0 aliphatic carbocycles. The van der Waals surface area contributed by atoms with Gasteiger partial charge in [0.1, 0.15) is 5.69 Å². The van der Waals surface area contributed by atoms with Gasteiger partial charge >= 0.3 is 0 Å². The van der Waals surface area contributed by atoms with Crippen LogP contribution in [-0.2, 0) is 17.9 Å². The predicted octanol–water partition coefficient (Wildman–Crippen LogP) is 3.67. The third kappa shape index (κ3) is 3.61. The molecule has 2 aromatic carbocycles. The minimum atomic E-state index is -0.0452. The van der Waals surface area contributed by atoms with E-state index in [1.54, 1.807) is 4.90 Å². The Morgan fingerprint density at radius 1 is 0.853 bits per heavy atom. The van der Waals surface area contributed by atoms with Crippen LogP contribution in [0.15, 0.2) is 60.7 Å². The van der Waals surface area contributed by atoms with E-state index in [9.17, 15) is 9.59 Å². The molecule has 34 heavy (non-hydrogen) atoms. The number of rotatable bonds is 3. The minimum absolute atomic E-state index is 0.0452. The van der Waals surface area contributed by atoms with Crippen LogP contribution in [0, 0.1) is 0 Å². The van der Waals surface area contributed by atoms with Crippen molar-refractivity contribution in [3.05, 3.63) is 72.1 Å². The summed E-state index contributed by atoms with van der Waals surface area (Å²) in [5.41, 5.74) is 3.16. The fourth-order valence-corrected chi connectivity index (χ4v) is 4.76. The molecule has 0 bridgehead atoms. The Hall–Kier alpha value is -4.07. The molecule has 4 aromatic rings. The molecular formula is C26H24N6O2. The second-order valence-corrected chi connectivity index (χ2v) is 8.76. The van der Waals surface area contributed by atoms with Crippen molar-refractivity contribution in [3.63, 3.8) is 0 Å². The van der Waals surface area contributed by atoms with Crippen LogP contribution < -0.4 is 4.90 Å². The quantitative estimate of drug-likeness (QED) is 0.474. The van der Waals surface area contributed by atoms with Gasteiger partial charge < -0.3 is 14.4 Å².